The van der Waals surface area contributed by atoms with Gasteiger partial charge in [-0.3, -0.25) is 0 Å². The summed E-state index contributed by atoms with van der Waals surface area (Å²) in [5.41, 5.74) is 1.75. The first-order valence-corrected chi connectivity index (χ1v) is 6.42. The monoisotopic (exact) mass is 455 g/mol. The van der Waals surface area contributed by atoms with Crippen LogP contribution in [0.3, 0.4) is 0 Å². The Labute approximate surface area is 137 Å². The van der Waals surface area contributed by atoms with Crippen LogP contribution >= 0.6 is 12.8 Å². The van der Waals surface area contributed by atoms with Gasteiger partial charge in [0.1, 0.15) is 0 Å². The molecule has 0 fully saturated rings. The van der Waals surface area contributed by atoms with E-state index >= 15 is 0 Å². The first kappa shape index (κ1) is 23.3. The first-order valence-electron chi connectivity index (χ1n) is 6.02. The fourth-order valence-corrected chi connectivity index (χ4v) is 1.32. The van der Waals surface area contributed by atoms with E-state index < -0.39 is 0 Å². The van der Waals surface area contributed by atoms with Crippen molar-refractivity contribution in [3.8, 4) is 0 Å². The van der Waals surface area contributed by atoms with Crippen molar-refractivity contribution >= 4 is 12.8 Å². The Balaban J connectivity index is -0.000000809. The molecule has 0 N–H and O–H groups in total. The third kappa shape index (κ3) is 10.8. The quantitative estimate of drug-likeness (QED) is 0.337. The van der Waals surface area contributed by atoms with E-state index in [1.54, 1.807) is 16.5 Å². The van der Waals surface area contributed by atoms with Gasteiger partial charge >= 0.3 is 19.8 Å². The molecule has 0 radical (unpaired) electrons. The molecule has 0 aliphatic heterocycles. The summed E-state index contributed by atoms with van der Waals surface area (Å²) in [4.78, 5) is 0. The van der Waals surface area contributed by atoms with E-state index in [0.29, 0.717) is 0 Å². The molecule has 0 unspecified atom stereocenters. The van der Waals surface area contributed by atoms with Gasteiger partial charge in [-0.2, -0.15) is 12.2 Å². The van der Waals surface area contributed by atoms with Crippen LogP contribution in [0.4, 0.5) is 0 Å². The second kappa shape index (κ2) is 17.2. The molecule has 0 saturated carbocycles. The second-order valence-electron chi connectivity index (χ2n) is 2.86. The van der Waals surface area contributed by atoms with E-state index in [4.69, 9.17) is 0 Å². The molecule has 0 saturated heterocycles. The number of hydrogen-bond acceptors (Lipinski definition) is 2. The average molecular weight is 454 g/mol. The molecular formula is C16H25NOsS-. The predicted molar refractivity (Wildman–Crippen MR) is 88.4 cm³/mol. The van der Waals surface area contributed by atoms with Crippen molar-refractivity contribution in [1.29, 1.82) is 0 Å². The van der Waals surface area contributed by atoms with E-state index in [-0.39, 0.29) is 19.8 Å². The minimum absolute atomic E-state index is 0. The molecule has 0 spiro atoms. The molecular weight excluding hydrogens is 428 g/mol. The van der Waals surface area contributed by atoms with E-state index in [1.807, 2.05) is 58.1 Å². The Bertz CT molecular complexity index is 318. The summed E-state index contributed by atoms with van der Waals surface area (Å²) in [5.74, 6) is 0. The van der Waals surface area contributed by atoms with Gasteiger partial charge in [0.05, 0.1) is 0 Å². The van der Waals surface area contributed by atoms with Crippen molar-refractivity contribution < 1.29 is 19.8 Å². The van der Waals surface area contributed by atoms with E-state index in [1.165, 1.54) is 0 Å². The molecule has 0 atom stereocenters. The molecule has 109 valence electrons. The van der Waals surface area contributed by atoms with Crippen molar-refractivity contribution in [2.45, 2.75) is 27.7 Å². The summed E-state index contributed by atoms with van der Waals surface area (Å²) in [7, 11) is 0. The van der Waals surface area contributed by atoms with Crippen molar-refractivity contribution in [2.75, 3.05) is 0 Å². The van der Waals surface area contributed by atoms with Crippen molar-refractivity contribution in [1.82, 2.24) is 4.31 Å². The molecule has 19 heavy (non-hydrogen) atoms. The SMILES string of the molecule is C=C/C=C(\[C-]=CC)N(S)C(/C=C\C)=C/C=C.CC.[OsH]. The van der Waals surface area contributed by atoms with Gasteiger partial charge in [0, 0.05) is 5.70 Å². The fourth-order valence-electron chi connectivity index (χ4n) is 1.07. The van der Waals surface area contributed by atoms with Crippen molar-refractivity contribution in [3.05, 3.63) is 73.2 Å². The van der Waals surface area contributed by atoms with E-state index in [9.17, 15) is 0 Å². The summed E-state index contributed by atoms with van der Waals surface area (Å²) in [6.07, 6.45) is 16.0. The molecule has 0 aliphatic carbocycles. The van der Waals surface area contributed by atoms with Crippen LogP contribution in [0.15, 0.2) is 67.1 Å². The molecule has 0 aromatic rings. The number of allylic oxidation sites excluding steroid dienone is 8. The summed E-state index contributed by atoms with van der Waals surface area (Å²) in [5, 5.41) is 0. The molecule has 0 aromatic carbocycles. The molecule has 0 amide bonds. The summed E-state index contributed by atoms with van der Waals surface area (Å²) < 4.78 is 1.73. The molecule has 3 heteroatoms. The van der Waals surface area contributed by atoms with Gasteiger partial charge in [0.25, 0.3) is 0 Å². The van der Waals surface area contributed by atoms with Crippen LogP contribution < -0.4 is 0 Å². The Hall–Kier alpha value is -0.774. The Morgan fingerprint density at radius 2 is 1.63 bits per heavy atom. The van der Waals surface area contributed by atoms with Gasteiger partial charge < -0.3 is 4.31 Å². The van der Waals surface area contributed by atoms with Gasteiger partial charge in [0.15, 0.2) is 0 Å². The molecule has 0 bridgehead atoms. The zero-order valence-corrected chi connectivity index (χ0v) is 15.8. The topological polar surface area (TPSA) is 3.24 Å². The van der Waals surface area contributed by atoms with Gasteiger partial charge in [-0.1, -0.05) is 52.3 Å². The van der Waals surface area contributed by atoms with Gasteiger partial charge in [0.2, 0.25) is 0 Å². The first-order chi connectivity index (χ1) is 8.71. The number of hydrogen-bond donors (Lipinski definition) is 1. The standard InChI is InChI=1S/C14H18NS.C2H6.Os.H/c1-5-9-13(10-6-2)15(16)14(11-7-3)12-8-4;1-2;;/h5-11,16H,1,3H2,2,4H3;1-2H3;;/q-1;;;/b10-6-,13-9+,14-11+;;;. The predicted octanol–water partition coefficient (Wildman–Crippen LogP) is 4.98. The van der Waals surface area contributed by atoms with E-state index in [2.05, 4.69) is 32.0 Å². The van der Waals surface area contributed by atoms with Gasteiger partial charge in [-0.25, -0.2) is 6.08 Å². The van der Waals surface area contributed by atoms with E-state index in [0.717, 1.165) is 11.4 Å². The van der Waals surface area contributed by atoms with Gasteiger partial charge in [-0.05, 0) is 19.1 Å². The number of nitrogens with zero attached hydrogens (tertiary/aromatic N) is 1. The normalized spacial score (nSPS) is 11.6. The third-order valence-electron chi connectivity index (χ3n) is 1.67. The maximum atomic E-state index is 4.42. The van der Waals surface area contributed by atoms with Crippen molar-refractivity contribution in [3.63, 3.8) is 0 Å². The molecule has 0 aromatic heterocycles. The average Bonchev–Trinajstić information content (AvgIpc) is 2.40. The van der Waals surface area contributed by atoms with Crippen LogP contribution in [0.25, 0.3) is 0 Å². The Morgan fingerprint density at radius 3 is 2.00 bits per heavy atom. The molecule has 0 rings (SSSR count). The minimum atomic E-state index is 0. The summed E-state index contributed by atoms with van der Waals surface area (Å²) >= 11 is 4.42. The van der Waals surface area contributed by atoms with Gasteiger partial charge in [-0.15, -0.1) is 18.4 Å². The maximum absolute atomic E-state index is 4.42. The Kier molecular flexibility index (Phi) is 21.2. The van der Waals surface area contributed by atoms with Crippen LogP contribution in [0, 0.1) is 6.08 Å². The van der Waals surface area contributed by atoms with Crippen LogP contribution in [0.5, 0.6) is 0 Å². The van der Waals surface area contributed by atoms with Crippen LogP contribution in [-0.2, 0) is 19.8 Å². The van der Waals surface area contributed by atoms with Crippen molar-refractivity contribution in [2.24, 2.45) is 0 Å². The summed E-state index contributed by atoms with van der Waals surface area (Å²) in [6.45, 7) is 15.2. The van der Waals surface area contributed by atoms with Crippen LogP contribution in [0.1, 0.15) is 27.7 Å². The molecule has 1 nitrogen and oxygen atoms in total. The second-order valence-corrected chi connectivity index (χ2v) is 3.26. The molecule has 0 aliphatic rings. The molecule has 0 heterocycles. The fraction of sp³-hybridized carbons (Fsp3) is 0.250. The number of rotatable bonds is 6. The zero-order chi connectivity index (χ0) is 14.4. The number of thiol groups is 1. The zero-order valence-electron chi connectivity index (χ0n) is 12.2. The summed E-state index contributed by atoms with van der Waals surface area (Å²) in [6, 6.07) is 0. The van der Waals surface area contributed by atoms with Crippen LogP contribution in [0.2, 0.25) is 0 Å². The third-order valence-corrected chi connectivity index (χ3v) is 2.11. The van der Waals surface area contributed by atoms with Crippen LogP contribution in [-0.4, -0.2) is 4.31 Å². The Morgan fingerprint density at radius 1 is 1.11 bits per heavy atom.